The maximum Gasteiger partial charge on any atom is 0.312 e. The number of likely N-dealkylation sites (N-methyl/N-ethyl adjacent to an activating group) is 1. The Bertz CT molecular complexity index is 225. The highest BCUT2D eigenvalue weighted by atomic mass is 16.2. The van der Waals surface area contributed by atoms with E-state index in [1.807, 2.05) is 27.7 Å². The number of hydrogen-bond donors (Lipinski definition) is 2. The van der Waals surface area contributed by atoms with Gasteiger partial charge in [0.15, 0.2) is 0 Å². The van der Waals surface area contributed by atoms with Crippen LogP contribution in [0.5, 0.6) is 0 Å². The maximum absolute atomic E-state index is 11.9. The van der Waals surface area contributed by atoms with Crippen molar-refractivity contribution in [1.82, 2.24) is 10.2 Å². The van der Waals surface area contributed by atoms with Crippen LogP contribution in [0.3, 0.4) is 0 Å². The topological polar surface area (TPSA) is 75.4 Å². The second-order valence-electron chi connectivity index (χ2n) is 3.74. The molecule has 0 aromatic carbocycles. The Labute approximate surface area is 91.0 Å². The average molecular weight is 215 g/mol. The van der Waals surface area contributed by atoms with Crippen molar-refractivity contribution in [3.8, 4) is 0 Å². The lowest BCUT2D eigenvalue weighted by molar-refractivity contribution is -0.133. The molecule has 0 aliphatic rings. The van der Waals surface area contributed by atoms with Crippen LogP contribution < -0.4 is 11.1 Å². The van der Waals surface area contributed by atoms with Gasteiger partial charge in [0, 0.05) is 13.1 Å². The Morgan fingerprint density at radius 3 is 2.00 bits per heavy atom. The number of urea groups is 1. The molecular weight excluding hydrogens is 194 g/mol. The zero-order valence-electron chi connectivity index (χ0n) is 9.91. The molecule has 88 valence electrons. The molecule has 0 radical (unpaired) electrons. The van der Waals surface area contributed by atoms with Crippen LogP contribution in [0.1, 0.15) is 27.7 Å². The van der Waals surface area contributed by atoms with E-state index in [1.54, 1.807) is 4.90 Å². The van der Waals surface area contributed by atoms with Gasteiger partial charge < -0.3 is 16.0 Å². The van der Waals surface area contributed by atoms with Crippen molar-refractivity contribution in [3.05, 3.63) is 0 Å². The number of hydrogen-bond acceptors (Lipinski definition) is 2. The number of amides is 3. The molecule has 1 unspecified atom stereocenters. The Morgan fingerprint density at radius 2 is 1.73 bits per heavy atom. The van der Waals surface area contributed by atoms with E-state index in [9.17, 15) is 9.59 Å². The summed E-state index contributed by atoms with van der Waals surface area (Å²) in [7, 11) is 0. The summed E-state index contributed by atoms with van der Waals surface area (Å²) >= 11 is 0. The molecule has 0 heterocycles. The molecule has 15 heavy (non-hydrogen) atoms. The van der Waals surface area contributed by atoms with Gasteiger partial charge in [0.2, 0.25) is 5.91 Å². The summed E-state index contributed by atoms with van der Waals surface area (Å²) in [5.41, 5.74) is 5.03. The van der Waals surface area contributed by atoms with E-state index in [1.165, 1.54) is 0 Å². The van der Waals surface area contributed by atoms with Crippen LogP contribution >= 0.6 is 0 Å². The fourth-order valence-electron chi connectivity index (χ4n) is 1.40. The zero-order valence-corrected chi connectivity index (χ0v) is 9.91. The summed E-state index contributed by atoms with van der Waals surface area (Å²) < 4.78 is 0. The molecule has 0 aromatic heterocycles. The smallest absolute Gasteiger partial charge is 0.312 e. The average Bonchev–Trinajstić information content (AvgIpc) is 2.15. The lowest BCUT2D eigenvalue weighted by atomic mass is 10.0. The highest BCUT2D eigenvalue weighted by Crippen LogP contribution is 2.06. The van der Waals surface area contributed by atoms with Crippen LogP contribution in [0.4, 0.5) is 4.79 Å². The second-order valence-corrected chi connectivity index (χ2v) is 3.74. The second kappa shape index (κ2) is 6.27. The van der Waals surface area contributed by atoms with E-state index in [0.717, 1.165) is 0 Å². The Hall–Kier alpha value is -1.26. The lowest BCUT2D eigenvalue weighted by Crippen LogP contribution is -2.52. The van der Waals surface area contributed by atoms with Crippen molar-refractivity contribution in [2.45, 2.75) is 33.7 Å². The molecule has 5 nitrogen and oxygen atoms in total. The van der Waals surface area contributed by atoms with Crippen LogP contribution in [-0.4, -0.2) is 36.0 Å². The monoisotopic (exact) mass is 215 g/mol. The first-order valence-corrected chi connectivity index (χ1v) is 5.28. The first kappa shape index (κ1) is 13.7. The quantitative estimate of drug-likeness (QED) is 0.702. The molecule has 0 aromatic rings. The first-order valence-electron chi connectivity index (χ1n) is 5.28. The molecule has 3 N–H and O–H groups in total. The van der Waals surface area contributed by atoms with Gasteiger partial charge in [-0.15, -0.1) is 0 Å². The predicted molar refractivity (Wildman–Crippen MR) is 59.3 cm³/mol. The minimum absolute atomic E-state index is 0.0330. The largest absolute Gasteiger partial charge is 0.352 e. The predicted octanol–water partition coefficient (Wildman–Crippen LogP) is 0.548. The first-order chi connectivity index (χ1) is 6.93. The van der Waals surface area contributed by atoms with Crippen LogP contribution in [0.15, 0.2) is 0 Å². The summed E-state index contributed by atoms with van der Waals surface area (Å²) in [6, 6.07) is -1.18. The summed E-state index contributed by atoms with van der Waals surface area (Å²) in [4.78, 5) is 24.4. The van der Waals surface area contributed by atoms with Crippen molar-refractivity contribution in [2.24, 2.45) is 11.7 Å². The lowest BCUT2D eigenvalue weighted by Gasteiger charge is -2.27. The van der Waals surface area contributed by atoms with Gasteiger partial charge in [-0.3, -0.25) is 4.79 Å². The van der Waals surface area contributed by atoms with Gasteiger partial charge in [0.25, 0.3) is 0 Å². The molecule has 0 spiro atoms. The molecule has 0 aliphatic carbocycles. The van der Waals surface area contributed by atoms with Crippen LogP contribution in [-0.2, 0) is 4.79 Å². The molecule has 1 atom stereocenters. The van der Waals surface area contributed by atoms with E-state index < -0.39 is 12.1 Å². The van der Waals surface area contributed by atoms with Crippen LogP contribution in [0.25, 0.3) is 0 Å². The Kier molecular flexibility index (Phi) is 5.74. The number of nitrogens with two attached hydrogens (primary N) is 1. The number of carbonyl (C=O) groups is 2. The highest BCUT2D eigenvalue weighted by Gasteiger charge is 2.26. The molecular formula is C10H21N3O2. The van der Waals surface area contributed by atoms with E-state index in [0.29, 0.717) is 13.1 Å². The Morgan fingerprint density at radius 1 is 1.27 bits per heavy atom. The third-order valence-electron chi connectivity index (χ3n) is 2.31. The third kappa shape index (κ3) is 4.18. The van der Waals surface area contributed by atoms with Gasteiger partial charge in [0.1, 0.15) is 6.04 Å². The van der Waals surface area contributed by atoms with Crippen molar-refractivity contribution < 1.29 is 9.59 Å². The van der Waals surface area contributed by atoms with E-state index in [4.69, 9.17) is 5.73 Å². The van der Waals surface area contributed by atoms with Gasteiger partial charge in [-0.05, 0) is 19.8 Å². The van der Waals surface area contributed by atoms with Gasteiger partial charge in [-0.2, -0.15) is 0 Å². The van der Waals surface area contributed by atoms with Crippen LogP contribution in [0.2, 0.25) is 0 Å². The van der Waals surface area contributed by atoms with Crippen LogP contribution in [0, 0.1) is 5.92 Å². The minimum atomic E-state index is -0.658. The van der Waals surface area contributed by atoms with Gasteiger partial charge >= 0.3 is 6.03 Å². The van der Waals surface area contributed by atoms with E-state index in [2.05, 4.69) is 5.32 Å². The zero-order chi connectivity index (χ0) is 12.0. The standard InChI is InChI=1S/C10H21N3O2/c1-5-13(6-2)9(14)8(7(3)4)12-10(11)15/h7-8H,5-6H2,1-4H3,(H3,11,12,15). The number of carbonyl (C=O) groups excluding carboxylic acids is 2. The normalized spacial score (nSPS) is 12.3. The number of nitrogens with one attached hydrogen (secondary N) is 1. The fraction of sp³-hybridized carbons (Fsp3) is 0.800. The molecule has 0 saturated heterocycles. The van der Waals surface area contributed by atoms with Crippen molar-refractivity contribution in [1.29, 1.82) is 0 Å². The molecule has 0 aliphatic heterocycles. The van der Waals surface area contributed by atoms with Crippen molar-refractivity contribution in [3.63, 3.8) is 0 Å². The molecule has 0 fully saturated rings. The van der Waals surface area contributed by atoms with Crippen molar-refractivity contribution >= 4 is 11.9 Å². The maximum atomic E-state index is 11.9. The molecule has 5 heteroatoms. The number of rotatable bonds is 5. The Balaban J connectivity index is 4.60. The van der Waals surface area contributed by atoms with E-state index in [-0.39, 0.29) is 11.8 Å². The minimum Gasteiger partial charge on any atom is -0.352 e. The van der Waals surface area contributed by atoms with Crippen molar-refractivity contribution in [2.75, 3.05) is 13.1 Å². The van der Waals surface area contributed by atoms with Gasteiger partial charge in [-0.1, -0.05) is 13.8 Å². The summed E-state index contributed by atoms with van der Waals surface area (Å²) in [5.74, 6) is -0.0422. The molecule has 3 amide bonds. The van der Waals surface area contributed by atoms with E-state index >= 15 is 0 Å². The fourth-order valence-corrected chi connectivity index (χ4v) is 1.40. The SMILES string of the molecule is CCN(CC)C(=O)C(NC(N)=O)C(C)C. The number of nitrogens with zero attached hydrogens (tertiary/aromatic N) is 1. The highest BCUT2D eigenvalue weighted by molar-refractivity contribution is 5.86. The molecule has 0 bridgehead atoms. The summed E-state index contributed by atoms with van der Waals surface area (Å²) in [6.45, 7) is 8.84. The summed E-state index contributed by atoms with van der Waals surface area (Å²) in [5, 5.41) is 2.48. The molecule has 0 saturated carbocycles. The van der Waals surface area contributed by atoms with Gasteiger partial charge in [0.05, 0.1) is 0 Å². The van der Waals surface area contributed by atoms with Gasteiger partial charge in [-0.25, -0.2) is 4.79 Å². The third-order valence-corrected chi connectivity index (χ3v) is 2.31. The summed E-state index contributed by atoms with van der Waals surface area (Å²) in [6.07, 6.45) is 0. The number of primary amides is 1. The molecule has 0 rings (SSSR count).